The van der Waals surface area contributed by atoms with Crippen LogP contribution in [0, 0.1) is 0 Å². The van der Waals surface area contributed by atoms with Crippen molar-refractivity contribution in [3.63, 3.8) is 0 Å². The average molecular weight is 374 g/mol. The van der Waals surface area contributed by atoms with E-state index in [0.717, 1.165) is 23.0 Å². The van der Waals surface area contributed by atoms with Crippen molar-refractivity contribution < 1.29 is 4.79 Å². The third-order valence-corrected chi connectivity index (χ3v) is 4.88. The van der Waals surface area contributed by atoms with E-state index in [1.54, 1.807) is 29.2 Å². The summed E-state index contributed by atoms with van der Waals surface area (Å²) in [6, 6.07) is 11.6. The van der Waals surface area contributed by atoms with E-state index in [9.17, 15) is 4.79 Å². The molecule has 7 nitrogen and oxygen atoms in total. The Labute approximate surface area is 163 Å². The van der Waals surface area contributed by atoms with Gasteiger partial charge in [0.25, 0.3) is 5.91 Å². The predicted octanol–water partition coefficient (Wildman–Crippen LogP) is 4.06. The van der Waals surface area contributed by atoms with Crippen LogP contribution in [-0.4, -0.2) is 30.2 Å². The Bertz CT molecular complexity index is 1140. The maximum atomic E-state index is 12.9. The van der Waals surface area contributed by atoms with Crippen molar-refractivity contribution in [3.05, 3.63) is 60.6 Å². The number of hydrogen-bond donors (Lipinski definition) is 1. The lowest BCUT2D eigenvalue weighted by atomic mass is 10.1. The Morgan fingerprint density at radius 1 is 1.25 bits per heavy atom. The molecule has 7 heteroatoms. The van der Waals surface area contributed by atoms with Crippen LogP contribution in [0.15, 0.2) is 55.0 Å². The van der Waals surface area contributed by atoms with Crippen molar-refractivity contribution in [1.82, 2.24) is 24.3 Å². The van der Waals surface area contributed by atoms with Crippen LogP contribution in [0.4, 0.5) is 5.95 Å². The maximum absolute atomic E-state index is 12.9. The molecule has 0 bridgehead atoms. The van der Waals surface area contributed by atoms with Gasteiger partial charge in [0.05, 0.1) is 22.9 Å². The normalized spacial score (nSPS) is 12.2. The largest absolute Gasteiger partial charge is 0.307 e. The van der Waals surface area contributed by atoms with Gasteiger partial charge in [-0.2, -0.15) is 5.10 Å². The summed E-state index contributed by atoms with van der Waals surface area (Å²) >= 11 is 0. The van der Waals surface area contributed by atoms with Crippen LogP contribution in [0.3, 0.4) is 0 Å². The van der Waals surface area contributed by atoms with Crippen LogP contribution >= 0.6 is 0 Å². The highest BCUT2D eigenvalue weighted by atomic mass is 16.1. The van der Waals surface area contributed by atoms with Gasteiger partial charge in [0.2, 0.25) is 5.95 Å². The number of carbonyl (C=O) groups is 1. The van der Waals surface area contributed by atoms with Crippen molar-refractivity contribution in [2.24, 2.45) is 7.05 Å². The lowest BCUT2D eigenvalue weighted by Gasteiger charge is -2.16. The standard InChI is InChI=1S/C21H22N6O/c1-4-14(2)27-19-8-6-5-7-17(19)24-21(27)25-20(28)15-9-10-22-18(11-15)16-12-23-26(3)13-16/h5-14H,4H2,1-3H3,(H,24,25,28). The third-order valence-electron chi connectivity index (χ3n) is 4.88. The second kappa shape index (κ2) is 7.26. The van der Waals surface area contributed by atoms with Gasteiger partial charge in [-0.1, -0.05) is 19.1 Å². The summed E-state index contributed by atoms with van der Waals surface area (Å²) in [5, 5.41) is 7.14. The highest BCUT2D eigenvalue weighted by Crippen LogP contribution is 2.26. The fraction of sp³-hybridized carbons (Fsp3) is 0.238. The number of rotatable bonds is 5. The Hall–Kier alpha value is -3.48. The van der Waals surface area contributed by atoms with Crippen molar-refractivity contribution in [2.75, 3.05) is 5.32 Å². The molecular formula is C21H22N6O. The molecule has 0 fully saturated rings. The number of fused-ring (bicyclic) bond motifs is 1. The number of aromatic nitrogens is 5. The van der Waals surface area contributed by atoms with Crippen LogP contribution in [0.25, 0.3) is 22.3 Å². The number of aryl methyl sites for hydroxylation is 1. The number of pyridine rings is 1. The van der Waals surface area contributed by atoms with E-state index in [0.29, 0.717) is 17.2 Å². The molecular weight excluding hydrogens is 352 g/mol. The van der Waals surface area contributed by atoms with Gasteiger partial charge in [0.15, 0.2) is 0 Å². The molecule has 3 heterocycles. The second-order valence-electron chi connectivity index (χ2n) is 6.84. The minimum atomic E-state index is -0.215. The highest BCUT2D eigenvalue weighted by Gasteiger charge is 2.18. The first-order chi connectivity index (χ1) is 13.6. The number of carbonyl (C=O) groups excluding carboxylic acids is 1. The van der Waals surface area contributed by atoms with Gasteiger partial charge in [-0.3, -0.25) is 19.8 Å². The van der Waals surface area contributed by atoms with Gasteiger partial charge in [-0.05, 0) is 37.6 Å². The van der Waals surface area contributed by atoms with Crippen LogP contribution < -0.4 is 5.32 Å². The molecule has 1 unspecified atom stereocenters. The zero-order valence-electron chi connectivity index (χ0n) is 16.1. The van der Waals surface area contributed by atoms with Gasteiger partial charge in [-0.25, -0.2) is 4.98 Å². The molecule has 1 atom stereocenters. The molecule has 0 spiro atoms. The first-order valence-corrected chi connectivity index (χ1v) is 9.30. The monoisotopic (exact) mass is 374 g/mol. The van der Waals surface area contributed by atoms with Gasteiger partial charge in [0, 0.05) is 36.6 Å². The molecule has 0 saturated carbocycles. The molecule has 0 aliphatic carbocycles. The van der Waals surface area contributed by atoms with Crippen LogP contribution in [-0.2, 0) is 7.05 Å². The summed E-state index contributed by atoms with van der Waals surface area (Å²) in [4.78, 5) is 21.9. The number of nitrogens with zero attached hydrogens (tertiary/aromatic N) is 5. The highest BCUT2D eigenvalue weighted by molar-refractivity contribution is 6.04. The van der Waals surface area contributed by atoms with Gasteiger partial charge >= 0.3 is 0 Å². The molecule has 28 heavy (non-hydrogen) atoms. The van der Waals surface area contributed by atoms with Crippen LogP contribution in [0.1, 0.15) is 36.7 Å². The summed E-state index contributed by atoms with van der Waals surface area (Å²) in [5.74, 6) is 0.340. The summed E-state index contributed by atoms with van der Waals surface area (Å²) in [6.07, 6.45) is 6.16. The molecule has 1 amide bonds. The first kappa shape index (κ1) is 17.9. The number of imidazole rings is 1. The van der Waals surface area contributed by atoms with Gasteiger partial charge < -0.3 is 4.57 Å². The number of nitrogens with one attached hydrogen (secondary N) is 1. The van der Waals surface area contributed by atoms with E-state index in [2.05, 4.69) is 38.8 Å². The van der Waals surface area contributed by atoms with E-state index in [1.807, 2.05) is 37.5 Å². The van der Waals surface area contributed by atoms with Crippen LogP contribution in [0.5, 0.6) is 0 Å². The Balaban J connectivity index is 1.67. The zero-order chi connectivity index (χ0) is 19.7. The smallest absolute Gasteiger partial charge is 0.258 e. The average Bonchev–Trinajstić information content (AvgIpc) is 3.30. The van der Waals surface area contributed by atoms with Crippen molar-refractivity contribution in [1.29, 1.82) is 0 Å². The van der Waals surface area contributed by atoms with Crippen molar-refractivity contribution in [3.8, 4) is 11.3 Å². The lowest BCUT2D eigenvalue weighted by Crippen LogP contribution is -2.17. The minimum Gasteiger partial charge on any atom is -0.307 e. The molecule has 4 aromatic rings. The second-order valence-corrected chi connectivity index (χ2v) is 6.84. The van der Waals surface area contributed by atoms with Gasteiger partial charge in [-0.15, -0.1) is 0 Å². The predicted molar refractivity (Wildman–Crippen MR) is 109 cm³/mol. The molecule has 3 aromatic heterocycles. The molecule has 0 aliphatic rings. The Kier molecular flexibility index (Phi) is 4.65. The van der Waals surface area contributed by atoms with Crippen LogP contribution in [0.2, 0.25) is 0 Å². The molecule has 1 N–H and O–H groups in total. The molecule has 4 rings (SSSR count). The quantitative estimate of drug-likeness (QED) is 0.571. The maximum Gasteiger partial charge on any atom is 0.258 e. The van der Waals surface area contributed by atoms with Crippen molar-refractivity contribution in [2.45, 2.75) is 26.3 Å². The number of benzene rings is 1. The molecule has 0 saturated heterocycles. The number of hydrogen-bond acceptors (Lipinski definition) is 4. The van der Waals surface area contributed by atoms with E-state index in [1.165, 1.54) is 0 Å². The summed E-state index contributed by atoms with van der Waals surface area (Å²) in [7, 11) is 1.85. The van der Waals surface area contributed by atoms with E-state index >= 15 is 0 Å². The van der Waals surface area contributed by atoms with Crippen molar-refractivity contribution >= 4 is 22.9 Å². The first-order valence-electron chi connectivity index (χ1n) is 9.30. The number of amides is 1. The zero-order valence-corrected chi connectivity index (χ0v) is 16.1. The molecule has 142 valence electrons. The Morgan fingerprint density at radius 2 is 2.07 bits per heavy atom. The third kappa shape index (κ3) is 3.26. The molecule has 0 aliphatic heterocycles. The number of para-hydroxylation sites is 2. The SMILES string of the molecule is CCC(C)n1c(NC(=O)c2ccnc(-c3cnn(C)c3)c2)nc2ccccc21. The van der Waals surface area contributed by atoms with Gasteiger partial charge in [0.1, 0.15) is 0 Å². The fourth-order valence-electron chi connectivity index (χ4n) is 3.22. The summed E-state index contributed by atoms with van der Waals surface area (Å²) in [6.45, 7) is 4.24. The Morgan fingerprint density at radius 3 is 2.82 bits per heavy atom. The van der Waals surface area contributed by atoms with E-state index in [4.69, 9.17) is 0 Å². The fourth-order valence-corrected chi connectivity index (χ4v) is 3.22. The summed E-state index contributed by atoms with van der Waals surface area (Å²) in [5.41, 5.74) is 3.97. The minimum absolute atomic E-state index is 0.214. The number of anilines is 1. The lowest BCUT2D eigenvalue weighted by molar-refractivity contribution is 0.102. The van der Waals surface area contributed by atoms with E-state index in [-0.39, 0.29) is 11.9 Å². The van der Waals surface area contributed by atoms with E-state index < -0.39 is 0 Å². The summed E-state index contributed by atoms with van der Waals surface area (Å²) < 4.78 is 3.79. The molecule has 0 radical (unpaired) electrons. The molecule has 1 aromatic carbocycles. The topological polar surface area (TPSA) is 77.6 Å².